The summed E-state index contributed by atoms with van der Waals surface area (Å²) in [6, 6.07) is 15.5. The molecule has 0 spiro atoms. The summed E-state index contributed by atoms with van der Waals surface area (Å²) in [6.07, 6.45) is -0.178. The van der Waals surface area contributed by atoms with Crippen LogP contribution in [0.2, 0.25) is 0 Å². The van der Waals surface area contributed by atoms with Crippen LogP contribution in [0.15, 0.2) is 54.6 Å². The number of hydrogen-bond acceptors (Lipinski definition) is 6. The van der Waals surface area contributed by atoms with E-state index in [-0.39, 0.29) is 31.3 Å². The van der Waals surface area contributed by atoms with Crippen LogP contribution in [0.5, 0.6) is 0 Å². The Kier molecular flexibility index (Phi) is 9.73. The Morgan fingerprint density at radius 2 is 1.66 bits per heavy atom. The number of ketones is 1. The second-order valence-corrected chi connectivity index (χ2v) is 7.82. The number of carbonyl (C=O) groups excluding carboxylic acids is 3. The molecular formula is C25H32N2O5. The molecule has 32 heavy (non-hydrogen) atoms. The molecule has 0 aromatic heterocycles. The SMILES string of the molecule is CCC(C)OC(=O)C(CCC(=O)c1ccc(N(C)C)cc1)NC(=O)OCc1ccccc1. The predicted molar refractivity (Wildman–Crippen MR) is 124 cm³/mol. The van der Waals surface area contributed by atoms with Gasteiger partial charge in [-0.1, -0.05) is 37.3 Å². The molecule has 0 fully saturated rings. The maximum Gasteiger partial charge on any atom is 0.408 e. The lowest BCUT2D eigenvalue weighted by molar-refractivity contribution is -0.151. The van der Waals surface area contributed by atoms with Crippen molar-refractivity contribution in [1.82, 2.24) is 5.32 Å². The van der Waals surface area contributed by atoms with Gasteiger partial charge in [0.05, 0.1) is 6.10 Å². The van der Waals surface area contributed by atoms with E-state index in [2.05, 4.69) is 5.32 Å². The Balaban J connectivity index is 1.98. The van der Waals surface area contributed by atoms with Crippen molar-refractivity contribution in [1.29, 1.82) is 0 Å². The van der Waals surface area contributed by atoms with E-state index in [0.717, 1.165) is 11.3 Å². The van der Waals surface area contributed by atoms with E-state index < -0.39 is 18.1 Å². The van der Waals surface area contributed by atoms with Crippen molar-refractivity contribution in [2.45, 2.75) is 51.9 Å². The van der Waals surface area contributed by atoms with Crippen LogP contribution in [-0.4, -0.2) is 44.1 Å². The van der Waals surface area contributed by atoms with Crippen molar-refractivity contribution in [2.75, 3.05) is 19.0 Å². The first-order valence-electron chi connectivity index (χ1n) is 10.8. The summed E-state index contributed by atoms with van der Waals surface area (Å²) in [5, 5.41) is 2.55. The zero-order valence-electron chi connectivity index (χ0n) is 19.2. The van der Waals surface area contributed by atoms with Crippen molar-refractivity contribution in [3.63, 3.8) is 0 Å². The highest BCUT2D eigenvalue weighted by Gasteiger charge is 2.25. The first kappa shape index (κ1) is 24.9. The van der Waals surface area contributed by atoms with Crippen LogP contribution < -0.4 is 10.2 Å². The molecule has 0 aliphatic heterocycles. The number of Topliss-reactive ketones (excluding diaryl/α,β-unsaturated/α-hetero) is 1. The van der Waals surface area contributed by atoms with Crippen LogP contribution in [0.25, 0.3) is 0 Å². The zero-order chi connectivity index (χ0) is 23.5. The van der Waals surface area contributed by atoms with Gasteiger partial charge in [-0.25, -0.2) is 9.59 Å². The molecule has 0 bridgehead atoms. The monoisotopic (exact) mass is 440 g/mol. The molecule has 1 N–H and O–H groups in total. The van der Waals surface area contributed by atoms with Crippen molar-refractivity contribution < 1.29 is 23.9 Å². The van der Waals surface area contributed by atoms with Crippen molar-refractivity contribution >= 4 is 23.5 Å². The molecule has 0 saturated heterocycles. The van der Waals surface area contributed by atoms with Crippen molar-refractivity contribution in [3.8, 4) is 0 Å². The number of nitrogens with zero attached hydrogens (tertiary/aromatic N) is 1. The molecule has 0 aliphatic carbocycles. The summed E-state index contributed by atoms with van der Waals surface area (Å²) in [5.74, 6) is -0.692. The molecule has 0 heterocycles. The molecule has 2 atom stereocenters. The Bertz CT molecular complexity index is 881. The third-order valence-electron chi connectivity index (χ3n) is 5.05. The Labute approximate surface area is 189 Å². The van der Waals surface area contributed by atoms with E-state index in [1.54, 1.807) is 19.1 Å². The average molecular weight is 441 g/mol. The molecule has 0 radical (unpaired) electrons. The summed E-state index contributed by atoms with van der Waals surface area (Å²) in [6.45, 7) is 3.76. The van der Waals surface area contributed by atoms with Gasteiger partial charge in [-0.2, -0.15) is 0 Å². The van der Waals surface area contributed by atoms with Gasteiger partial charge in [-0.15, -0.1) is 0 Å². The van der Waals surface area contributed by atoms with E-state index in [1.807, 2.05) is 68.4 Å². The second-order valence-electron chi connectivity index (χ2n) is 7.82. The highest BCUT2D eigenvalue weighted by Crippen LogP contribution is 2.15. The fourth-order valence-corrected chi connectivity index (χ4v) is 2.88. The van der Waals surface area contributed by atoms with Gasteiger partial charge in [0.2, 0.25) is 0 Å². The number of hydrogen-bond donors (Lipinski definition) is 1. The largest absolute Gasteiger partial charge is 0.461 e. The van der Waals surface area contributed by atoms with Crippen LogP contribution in [0, 0.1) is 0 Å². The third kappa shape index (κ3) is 8.06. The second kappa shape index (κ2) is 12.5. The van der Waals surface area contributed by atoms with Crippen molar-refractivity contribution in [2.24, 2.45) is 0 Å². The lowest BCUT2D eigenvalue weighted by Crippen LogP contribution is -2.43. The summed E-state index contributed by atoms with van der Waals surface area (Å²) in [7, 11) is 3.85. The number of alkyl carbamates (subject to hydrolysis) is 1. The Morgan fingerprint density at radius 3 is 2.25 bits per heavy atom. The van der Waals surface area contributed by atoms with Gasteiger partial charge < -0.3 is 19.7 Å². The van der Waals surface area contributed by atoms with Gasteiger partial charge in [0.15, 0.2) is 5.78 Å². The van der Waals surface area contributed by atoms with Gasteiger partial charge in [0.25, 0.3) is 0 Å². The van der Waals surface area contributed by atoms with Gasteiger partial charge in [-0.3, -0.25) is 4.79 Å². The first-order chi connectivity index (χ1) is 15.3. The lowest BCUT2D eigenvalue weighted by atomic mass is 10.0. The first-order valence-corrected chi connectivity index (χ1v) is 10.8. The van der Waals surface area contributed by atoms with Crippen LogP contribution in [0.1, 0.15) is 49.0 Å². The lowest BCUT2D eigenvalue weighted by Gasteiger charge is -2.20. The van der Waals surface area contributed by atoms with Crippen LogP contribution in [0.3, 0.4) is 0 Å². The molecular weight excluding hydrogens is 408 g/mol. The molecule has 172 valence electrons. The maximum atomic E-state index is 12.6. The van der Waals surface area contributed by atoms with Crippen LogP contribution in [0.4, 0.5) is 10.5 Å². The molecule has 7 nitrogen and oxygen atoms in total. The van der Waals surface area contributed by atoms with Gasteiger partial charge in [0, 0.05) is 31.8 Å². The number of carbonyl (C=O) groups is 3. The topological polar surface area (TPSA) is 84.9 Å². The highest BCUT2D eigenvalue weighted by molar-refractivity contribution is 5.96. The van der Waals surface area contributed by atoms with Gasteiger partial charge in [0.1, 0.15) is 12.6 Å². The van der Waals surface area contributed by atoms with Crippen LogP contribution in [-0.2, 0) is 20.9 Å². The molecule has 1 amide bonds. The number of ether oxygens (including phenoxy) is 2. The molecule has 7 heteroatoms. The molecule has 2 aromatic rings. The van der Waals surface area contributed by atoms with Gasteiger partial charge in [-0.05, 0) is 49.6 Å². The molecule has 2 aromatic carbocycles. The van der Waals surface area contributed by atoms with E-state index in [4.69, 9.17) is 9.47 Å². The average Bonchev–Trinajstić information content (AvgIpc) is 2.80. The number of anilines is 1. The third-order valence-corrected chi connectivity index (χ3v) is 5.05. The number of rotatable bonds is 11. The fraction of sp³-hybridized carbons (Fsp3) is 0.400. The standard InChI is InChI=1S/C25H32N2O5/c1-5-18(2)32-24(29)22(26-25(30)31-17-19-9-7-6-8-10-19)15-16-23(28)20-11-13-21(14-12-20)27(3)4/h6-14,18,22H,5,15-17H2,1-4H3,(H,26,30). The molecule has 2 unspecified atom stereocenters. The minimum absolute atomic E-state index is 0.0803. The quantitative estimate of drug-likeness (QED) is 0.413. The summed E-state index contributed by atoms with van der Waals surface area (Å²) in [4.78, 5) is 39.4. The molecule has 0 saturated carbocycles. The summed E-state index contributed by atoms with van der Waals surface area (Å²) < 4.78 is 10.6. The summed E-state index contributed by atoms with van der Waals surface area (Å²) in [5.41, 5.74) is 2.37. The number of benzene rings is 2. The predicted octanol–water partition coefficient (Wildman–Crippen LogP) is 4.35. The highest BCUT2D eigenvalue weighted by atomic mass is 16.6. The van der Waals surface area contributed by atoms with Crippen molar-refractivity contribution in [3.05, 3.63) is 65.7 Å². The van der Waals surface area contributed by atoms with Crippen LogP contribution >= 0.6 is 0 Å². The van der Waals surface area contributed by atoms with E-state index in [0.29, 0.717) is 12.0 Å². The van der Waals surface area contributed by atoms with Gasteiger partial charge >= 0.3 is 12.1 Å². The Morgan fingerprint density at radius 1 is 1.00 bits per heavy atom. The number of amides is 1. The summed E-state index contributed by atoms with van der Waals surface area (Å²) >= 11 is 0. The number of nitrogens with one attached hydrogen (secondary N) is 1. The maximum absolute atomic E-state index is 12.6. The van der Waals surface area contributed by atoms with E-state index >= 15 is 0 Å². The Hall–Kier alpha value is -3.35. The zero-order valence-corrected chi connectivity index (χ0v) is 19.2. The fourth-order valence-electron chi connectivity index (χ4n) is 2.88. The minimum atomic E-state index is -0.975. The minimum Gasteiger partial charge on any atom is -0.461 e. The van der Waals surface area contributed by atoms with E-state index in [1.165, 1.54) is 0 Å². The number of esters is 1. The van der Waals surface area contributed by atoms with E-state index in [9.17, 15) is 14.4 Å². The molecule has 2 rings (SSSR count). The normalized spacial score (nSPS) is 12.4. The molecule has 0 aliphatic rings. The smallest absolute Gasteiger partial charge is 0.408 e.